The van der Waals surface area contributed by atoms with Crippen LogP contribution in [0.15, 0.2) is 53.5 Å². The topological polar surface area (TPSA) is 71.7 Å². The van der Waals surface area contributed by atoms with Gasteiger partial charge < -0.3 is 18.7 Å². The van der Waals surface area contributed by atoms with Crippen molar-refractivity contribution in [3.05, 3.63) is 70.2 Å². The van der Waals surface area contributed by atoms with Crippen molar-refractivity contribution in [1.82, 2.24) is 0 Å². The summed E-state index contributed by atoms with van der Waals surface area (Å²) in [5.41, 5.74) is 3.91. The Balaban J connectivity index is 1.69. The van der Waals surface area contributed by atoms with Gasteiger partial charge in [-0.2, -0.15) is 4.57 Å². The zero-order valence-electron chi connectivity index (χ0n) is 28.0. The predicted octanol–water partition coefficient (Wildman–Crippen LogP) is 9.90. The summed E-state index contributed by atoms with van der Waals surface area (Å²) in [5.74, 6) is 1.28. The van der Waals surface area contributed by atoms with Gasteiger partial charge in [-0.15, -0.1) is 0 Å². The van der Waals surface area contributed by atoms with E-state index >= 15 is 0 Å². The minimum Gasteiger partial charge on any atom is -0.736 e. The molecule has 0 aliphatic rings. The minimum atomic E-state index is -4.75. The van der Waals surface area contributed by atoms with Crippen LogP contribution in [0.5, 0.6) is 17.2 Å². The molecule has 1 atom stereocenters. The molecular weight excluding hydrogens is 589 g/mol. The largest absolute Gasteiger partial charge is 0.736 e. The van der Waals surface area contributed by atoms with Crippen molar-refractivity contribution in [2.45, 2.75) is 130 Å². The molecule has 8 heteroatoms. The van der Waals surface area contributed by atoms with Crippen molar-refractivity contribution >= 4 is 19.2 Å². The minimum absolute atomic E-state index is 0.224. The van der Waals surface area contributed by atoms with Crippen LogP contribution in [0.2, 0.25) is 0 Å². The summed E-state index contributed by atoms with van der Waals surface area (Å²) < 4.78 is 32.9. The number of ether oxygens (including phenoxy) is 1. The van der Waals surface area contributed by atoms with E-state index in [1.807, 2.05) is 60.6 Å². The number of aromatic nitrogens is 1. The maximum Gasteiger partial charge on any atom is 0.372 e. The Morgan fingerprint density at radius 3 is 1.98 bits per heavy atom. The van der Waals surface area contributed by atoms with Gasteiger partial charge in [0.15, 0.2) is 12.7 Å². The van der Waals surface area contributed by atoms with Crippen LogP contribution in [0, 0.1) is 0 Å². The van der Waals surface area contributed by atoms with E-state index in [-0.39, 0.29) is 16.9 Å². The lowest BCUT2D eigenvalue weighted by molar-refractivity contribution is -0.683. The Morgan fingerprint density at radius 2 is 1.39 bits per heavy atom. The average Bonchev–Trinajstić information content (AvgIpc) is 3.43. The number of phosphoric ester groups is 1. The third-order valence-corrected chi connectivity index (χ3v) is 9.20. The molecule has 1 aromatic heterocycles. The highest BCUT2D eigenvalue weighted by atomic mass is 32.1. The van der Waals surface area contributed by atoms with E-state index in [1.54, 1.807) is 29.5 Å². The first-order valence-electron chi connectivity index (χ1n) is 16.3. The van der Waals surface area contributed by atoms with Gasteiger partial charge in [0.2, 0.25) is 5.51 Å². The first-order chi connectivity index (χ1) is 20.8. The highest BCUT2D eigenvalue weighted by Crippen LogP contribution is 2.47. The van der Waals surface area contributed by atoms with Gasteiger partial charge in [0.1, 0.15) is 17.2 Å². The third kappa shape index (κ3) is 12.2. The molecule has 0 fully saturated rings. The zero-order chi connectivity index (χ0) is 32.2. The number of rotatable bonds is 18. The molecule has 0 aliphatic carbocycles. The molecule has 3 rings (SSSR count). The molecule has 2 aromatic carbocycles. The molecule has 0 N–H and O–H groups in total. The summed E-state index contributed by atoms with van der Waals surface area (Å²) in [7, 11) is -4.75. The van der Waals surface area contributed by atoms with Gasteiger partial charge >= 0.3 is 7.82 Å². The zero-order valence-corrected chi connectivity index (χ0v) is 29.7. The van der Waals surface area contributed by atoms with E-state index in [9.17, 15) is 9.46 Å². The van der Waals surface area contributed by atoms with Crippen LogP contribution in [0.25, 0.3) is 0 Å². The van der Waals surface area contributed by atoms with Gasteiger partial charge in [-0.3, -0.25) is 0 Å². The number of phosphoric acid groups is 1. The second kappa shape index (κ2) is 16.8. The molecule has 0 saturated heterocycles. The van der Waals surface area contributed by atoms with Crippen molar-refractivity contribution in [3.8, 4) is 17.2 Å². The summed E-state index contributed by atoms with van der Waals surface area (Å²) in [6, 6.07) is 10.9. The van der Waals surface area contributed by atoms with Crippen molar-refractivity contribution in [2.75, 3.05) is 6.61 Å². The normalized spacial score (nSPS) is 13.5. The number of unbranched alkanes of at least 4 members (excludes halogenated alkanes) is 9. The van der Waals surface area contributed by atoms with Crippen LogP contribution in [-0.2, 0) is 21.9 Å². The molecule has 0 bridgehead atoms. The quantitative estimate of drug-likeness (QED) is 0.0784. The monoisotopic (exact) mass is 643 g/mol. The predicted molar refractivity (Wildman–Crippen MR) is 180 cm³/mol. The van der Waals surface area contributed by atoms with Crippen LogP contribution in [0.3, 0.4) is 0 Å². The number of hydrogen-bond donors (Lipinski definition) is 0. The molecule has 244 valence electrons. The molecule has 1 heterocycles. The summed E-state index contributed by atoms with van der Waals surface area (Å²) in [5, 5.41) is 1.99. The van der Waals surface area contributed by atoms with Gasteiger partial charge in [0.05, 0.1) is 12.0 Å². The Bertz CT molecular complexity index is 1330. The molecular formula is C36H54NO5PS. The van der Waals surface area contributed by atoms with Crippen LogP contribution in [0.4, 0.5) is 0 Å². The van der Waals surface area contributed by atoms with Gasteiger partial charge in [-0.1, -0.05) is 130 Å². The third-order valence-electron chi connectivity index (χ3n) is 7.67. The maximum atomic E-state index is 13.3. The number of nitrogens with zero attached hydrogens (tertiary/aromatic N) is 1. The summed E-state index contributed by atoms with van der Waals surface area (Å²) >= 11 is 1.60. The van der Waals surface area contributed by atoms with Gasteiger partial charge in [0, 0.05) is 16.7 Å². The molecule has 0 saturated carbocycles. The molecule has 0 spiro atoms. The molecule has 1 unspecified atom stereocenters. The average molecular weight is 644 g/mol. The smallest absolute Gasteiger partial charge is 0.372 e. The Labute approximate surface area is 270 Å². The number of hydrogen-bond acceptors (Lipinski definition) is 6. The summed E-state index contributed by atoms with van der Waals surface area (Å²) in [6.07, 6.45) is 14.7. The van der Waals surface area contributed by atoms with Gasteiger partial charge in [-0.25, -0.2) is 4.57 Å². The lowest BCUT2D eigenvalue weighted by Gasteiger charge is -2.31. The highest BCUT2D eigenvalue weighted by molar-refractivity contribution is 7.46. The van der Waals surface area contributed by atoms with Crippen LogP contribution in [0.1, 0.15) is 129 Å². The molecule has 0 radical (unpaired) electrons. The first-order valence-corrected chi connectivity index (χ1v) is 18.7. The summed E-state index contributed by atoms with van der Waals surface area (Å²) in [4.78, 5) is 13.3. The fourth-order valence-electron chi connectivity index (χ4n) is 5.23. The van der Waals surface area contributed by atoms with Crippen LogP contribution in [-0.4, -0.2) is 6.61 Å². The second-order valence-electron chi connectivity index (χ2n) is 13.9. The van der Waals surface area contributed by atoms with E-state index in [0.29, 0.717) is 13.2 Å². The van der Waals surface area contributed by atoms with E-state index < -0.39 is 13.2 Å². The van der Waals surface area contributed by atoms with Crippen LogP contribution < -0.4 is 23.2 Å². The Hall–Kier alpha value is -2.34. The maximum absolute atomic E-state index is 13.3. The molecule has 44 heavy (non-hydrogen) atoms. The SMILES string of the molecule is CCCCCCCCCCCCOc1cc(C(C)(C)C)c(OP(=O)([O-])Oc2cccc(C[n+]3ccsc3)c2)cc1C(C)(C)C. The van der Waals surface area contributed by atoms with Crippen LogP contribution >= 0.6 is 19.2 Å². The Morgan fingerprint density at radius 1 is 0.795 bits per heavy atom. The molecule has 3 aromatic rings. The van der Waals surface area contributed by atoms with Crippen molar-refractivity contribution in [3.63, 3.8) is 0 Å². The fourth-order valence-corrected chi connectivity index (χ4v) is 6.63. The number of benzene rings is 2. The molecule has 6 nitrogen and oxygen atoms in total. The van der Waals surface area contributed by atoms with E-state index in [1.165, 1.54) is 51.4 Å². The van der Waals surface area contributed by atoms with E-state index in [4.69, 9.17) is 13.8 Å². The van der Waals surface area contributed by atoms with E-state index in [2.05, 4.69) is 27.7 Å². The van der Waals surface area contributed by atoms with E-state index in [0.717, 1.165) is 35.3 Å². The lowest BCUT2D eigenvalue weighted by atomic mass is 9.81. The fraction of sp³-hybridized carbons (Fsp3) is 0.583. The molecule has 0 aliphatic heterocycles. The Kier molecular flexibility index (Phi) is 13.8. The number of thiazole rings is 1. The second-order valence-corrected chi connectivity index (χ2v) is 15.9. The molecule has 0 amide bonds. The summed E-state index contributed by atoms with van der Waals surface area (Å²) in [6.45, 7) is 15.9. The standard InChI is InChI=1S/C36H54NO5PS/c1-8-9-10-11-12-13-14-15-16-17-22-40-33-25-32(36(5,6)7)34(26-31(33)35(2,3)4)42-43(38,39)41-30-20-18-19-29(24-30)27-37-21-23-44-28-37/h18-21,23-26,28H,8-17,22,27H2,1-7H3. The lowest BCUT2D eigenvalue weighted by Crippen LogP contribution is -2.30. The van der Waals surface area contributed by atoms with Gasteiger partial charge in [-0.05, 0) is 41.5 Å². The van der Waals surface area contributed by atoms with Crippen molar-refractivity contribution in [2.24, 2.45) is 0 Å². The van der Waals surface area contributed by atoms with Gasteiger partial charge in [0.25, 0.3) is 0 Å². The highest BCUT2D eigenvalue weighted by Gasteiger charge is 2.29. The van der Waals surface area contributed by atoms with Crippen molar-refractivity contribution in [1.29, 1.82) is 0 Å². The first kappa shape index (κ1) is 36.1. The van der Waals surface area contributed by atoms with Crippen molar-refractivity contribution < 1.29 is 27.8 Å².